The Morgan fingerprint density at radius 1 is 1.10 bits per heavy atom. The van der Waals surface area contributed by atoms with Crippen LogP contribution in [0.4, 0.5) is 0 Å². The molecule has 0 N–H and O–H groups in total. The zero-order valence-corrected chi connectivity index (χ0v) is 12.3. The summed E-state index contributed by atoms with van der Waals surface area (Å²) in [6.07, 6.45) is 4.01. The minimum Gasteiger partial charge on any atom is -0.462 e. The Hall–Kier alpha value is -2.55. The van der Waals surface area contributed by atoms with Gasteiger partial charge in [0.1, 0.15) is 24.4 Å². The summed E-state index contributed by atoms with van der Waals surface area (Å²) in [5.74, 6) is 0. The van der Waals surface area contributed by atoms with E-state index in [4.69, 9.17) is 4.42 Å². The van der Waals surface area contributed by atoms with Crippen LogP contribution in [0.25, 0.3) is 38.3 Å². The normalized spacial score (nSPS) is 12.5. The van der Waals surface area contributed by atoms with Crippen LogP contribution in [0.3, 0.4) is 0 Å². The molecule has 0 radical (unpaired) electrons. The lowest BCUT2D eigenvalue weighted by Crippen LogP contribution is -2.33. The fourth-order valence-electron chi connectivity index (χ4n) is 3.66. The molecule has 21 heavy (non-hydrogen) atoms. The third kappa shape index (κ3) is 1.14. The molecule has 0 amide bonds. The molecule has 0 aliphatic heterocycles. The van der Waals surface area contributed by atoms with Crippen LogP contribution in [0.15, 0.2) is 41.1 Å². The van der Waals surface area contributed by atoms with E-state index in [-0.39, 0.29) is 0 Å². The zero-order chi connectivity index (χ0) is 14.3. The summed E-state index contributed by atoms with van der Waals surface area (Å²) in [7, 11) is 2.14. The molecule has 5 aromatic rings. The lowest BCUT2D eigenvalue weighted by molar-refractivity contribution is -0.650. The van der Waals surface area contributed by atoms with E-state index in [1.165, 1.54) is 38.4 Å². The highest BCUT2D eigenvalue weighted by Gasteiger charge is 2.23. The van der Waals surface area contributed by atoms with Gasteiger partial charge in [0.2, 0.25) is 5.52 Å². The summed E-state index contributed by atoms with van der Waals surface area (Å²) in [4.78, 5) is 0. The average molecular weight is 275 g/mol. The van der Waals surface area contributed by atoms with Crippen LogP contribution in [-0.4, -0.2) is 4.40 Å². The number of aryl methyl sites for hydroxylation is 3. The summed E-state index contributed by atoms with van der Waals surface area (Å²) < 4.78 is 10.3. The third-order valence-electron chi connectivity index (χ3n) is 4.80. The first-order chi connectivity index (χ1) is 10.2. The van der Waals surface area contributed by atoms with Gasteiger partial charge in [0, 0.05) is 24.6 Å². The number of rotatable bonds is 0. The molecule has 0 aliphatic carbocycles. The minimum absolute atomic E-state index is 0.958. The first-order valence-corrected chi connectivity index (χ1v) is 7.19. The van der Waals surface area contributed by atoms with Gasteiger partial charge in [-0.2, -0.15) is 4.57 Å². The van der Waals surface area contributed by atoms with Crippen molar-refractivity contribution in [2.24, 2.45) is 7.05 Å². The van der Waals surface area contributed by atoms with Crippen LogP contribution in [0, 0.1) is 13.8 Å². The van der Waals surface area contributed by atoms with Gasteiger partial charge in [-0.15, -0.1) is 0 Å². The SMILES string of the molecule is Cc1ccc2occ3c2c1c1c2c(ccn32)cc(C)[n+]1C. The van der Waals surface area contributed by atoms with E-state index >= 15 is 0 Å². The van der Waals surface area contributed by atoms with Crippen molar-refractivity contribution in [3.05, 3.63) is 48.0 Å². The van der Waals surface area contributed by atoms with Gasteiger partial charge in [-0.1, -0.05) is 6.07 Å². The molecule has 0 bridgehead atoms. The number of nitrogens with zero attached hydrogens (tertiary/aromatic N) is 2. The highest BCUT2D eigenvalue weighted by atomic mass is 16.3. The molecule has 1 aromatic carbocycles. The summed E-state index contributed by atoms with van der Waals surface area (Å²) in [6, 6.07) is 8.65. The van der Waals surface area contributed by atoms with Gasteiger partial charge in [-0.25, -0.2) is 0 Å². The Kier molecular flexibility index (Phi) is 1.79. The molecule has 3 nitrogen and oxygen atoms in total. The van der Waals surface area contributed by atoms with Gasteiger partial charge in [-0.3, -0.25) is 0 Å². The number of pyridine rings is 2. The Morgan fingerprint density at radius 3 is 2.81 bits per heavy atom. The molecule has 0 saturated heterocycles. The number of furan rings is 1. The van der Waals surface area contributed by atoms with Gasteiger partial charge < -0.3 is 8.82 Å². The number of benzene rings is 1. The number of hydrogen-bond donors (Lipinski definition) is 0. The van der Waals surface area contributed by atoms with E-state index < -0.39 is 0 Å². The minimum atomic E-state index is 0.958. The molecule has 4 heterocycles. The molecule has 3 heteroatoms. The number of aromatic nitrogens is 2. The second kappa shape index (κ2) is 3.37. The van der Waals surface area contributed by atoms with Crippen molar-refractivity contribution < 1.29 is 8.98 Å². The quantitative estimate of drug-likeness (QED) is 0.310. The molecule has 102 valence electrons. The van der Waals surface area contributed by atoms with E-state index in [1.54, 1.807) is 0 Å². The van der Waals surface area contributed by atoms with E-state index in [2.05, 4.69) is 60.3 Å². The fraction of sp³-hybridized carbons (Fsp3) is 0.167. The zero-order valence-electron chi connectivity index (χ0n) is 12.3. The molecular weight excluding hydrogens is 260 g/mol. The maximum atomic E-state index is 5.79. The fourth-order valence-corrected chi connectivity index (χ4v) is 3.66. The Balaban J connectivity index is 2.34. The number of hydrogen-bond acceptors (Lipinski definition) is 1. The molecule has 0 fully saturated rings. The lowest BCUT2D eigenvalue weighted by Gasteiger charge is -2.08. The van der Waals surface area contributed by atoms with Crippen LogP contribution in [-0.2, 0) is 7.05 Å². The van der Waals surface area contributed by atoms with Gasteiger partial charge in [0.05, 0.1) is 16.3 Å². The second-order valence-corrected chi connectivity index (χ2v) is 5.93. The topological polar surface area (TPSA) is 21.4 Å². The summed E-state index contributed by atoms with van der Waals surface area (Å²) >= 11 is 0. The van der Waals surface area contributed by atoms with E-state index in [9.17, 15) is 0 Å². The molecule has 0 spiro atoms. The highest BCUT2D eigenvalue weighted by Crippen LogP contribution is 2.37. The molecule has 4 aromatic heterocycles. The van der Waals surface area contributed by atoms with Crippen molar-refractivity contribution >= 4 is 38.3 Å². The average Bonchev–Trinajstić information content (AvgIpc) is 3.06. The van der Waals surface area contributed by atoms with Crippen LogP contribution in [0.1, 0.15) is 11.3 Å². The van der Waals surface area contributed by atoms with Gasteiger partial charge in [0.15, 0.2) is 5.69 Å². The van der Waals surface area contributed by atoms with Crippen molar-refractivity contribution in [3.63, 3.8) is 0 Å². The predicted molar refractivity (Wildman–Crippen MR) is 84.0 cm³/mol. The summed E-state index contributed by atoms with van der Waals surface area (Å²) in [6.45, 7) is 4.34. The predicted octanol–water partition coefficient (Wildman–Crippen LogP) is 3.87. The van der Waals surface area contributed by atoms with Gasteiger partial charge in [0.25, 0.3) is 0 Å². The van der Waals surface area contributed by atoms with Crippen molar-refractivity contribution in [2.75, 3.05) is 0 Å². The van der Waals surface area contributed by atoms with Crippen molar-refractivity contribution in [3.8, 4) is 0 Å². The molecular formula is C18H15N2O+. The smallest absolute Gasteiger partial charge is 0.238 e. The Bertz CT molecular complexity index is 1160. The molecule has 0 saturated carbocycles. The van der Waals surface area contributed by atoms with Crippen LogP contribution in [0.5, 0.6) is 0 Å². The van der Waals surface area contributed by atoms with E-state index in [1.807, 2.05) is 6.26 Å². The van der Waals surface area contributed by atoms with Gasteiger partial charge >= 0.3 is 0 Å². The Labute approximate surface area is 121 Å². The maximum Gasteiger partial charge on any atom is 0.238 e. The van der Waals surface area contributed by atoms with Crippen LogP contribution < -0.4 is 4.57 Å². The second-order valence-electron chi connectivity index (χ2n) is 5.93. The molecule has 0 aliphatic rings. The largest absolute Gasteiger partial charge is 0.462 e. The van der Waals surface area contributed by atoms with Crippen molar-refractivity contribution in [1.82, 2.24) is 4.40 Å². The first-order valence-electron chi connectivity index (χ1n) is 7.19. The monoisotopic (exact) mass is 275 g/mol. The Morgan fingerprint density at radius 2 is 1.95 bits per heavy atom. The highest BCUT2D eigenvalue weighted by molar-refractivity contribution is 6.19. The summed E-state index contributed by atoms with van der Waals surface area (Å²) in [5, 5.41) is 3.81. The third-order valence-corrected chi connectivity index (χ3v) is 4.80. The van der Waals surface area contributed by atoms with Crippen molar-refractivity contribution in [1.29, 1.82) is 0 Å². The standard InChI is InChI=1S/C18H15N2O/c1-10-4-5-14-16-13(9-21-14)20-7-6-12-8-11(2)19(3)18(15(10)16)17(12)20/h4-9H,1-3H3/q+1. The first kappa shape index (κ1) is 11.1. The van der Waals surface area contributed by atoms with Crippen molar-refractivity contribution in [2.45, 2.75) is 13.8 Å². The maximum absolute atomic E-state index is 5.79. The van der Waals surface area contributed by atoms with E-state index in [0.29, 0.717) is 0 Å². The van der Waals surface area contributed by atoms with Crippen LogP contribution >= 0.6 is 0 Å². The van der Waals surface area contributed by atoms with E-state index in [0.717, 1.165) is 11.1 Å². The summed E-state index contributed by atoms with van der Waals surface area (Å²) in [5.41, 5.74) is 7.22. The molecule has 0 atom stereocenters. The lowest BCUT2D eigenvalue weighted by atomic mass is 10.0. The van der Waals surface area contributed by atoms with Gasteiger partial charge in [-0.05, 0) is 24.6 Å². The molecule has 5 rings (SSSR count). The molecule has 0 unspecified atom stereocenters. The number of fused-ring (bicyclic) bond motifs is 2. The van der Waals surface area contributed by atoms with Crippen LogP contribution in [0.2, 0.25) is 0 Å².